The van der Waals surface area contributed by atoms with E-state index in [1.807, 2.05) is 0 Å². The quantitative estimate of drug-likeness (QED) is 0.540. The van der Waals surface area contributed by atoms with Crippen LogP contribution in [0.4, 0.5) is 0 Å². The Balaban J connectivity index is 2.23. The van der Waals surface area contributed by atoms with Crippen LogP contribution in [0.5, 0.6) is 0 Å². The molecule has 3 heteroatoms. The van der Waals surface area contributed by atoms with Crippen molar-refractivity contribution < 1.29 is 9.31 Å². The summed E-state index contributed by atoms with van der Waals surface area (Å²) in [5.74, 6) is 0. The van der Waals surface area contributed by atoms with Crippen molar-refractivity contribution in [2.24, 2.45) is 0 Å². The highest BCUT2D eigenvalue weighted by atomic mass is 16.7. The first-order chi connectivity index (χ1) is 9.36. The maximum Gasteiger partial charge on any atom is 0.498 e. The molecule has 2 rings (SSSR count). The van der Waals surface area contributed by atoms with E-state index in [0.717, 1.165) is 6.42 Å². The van der Waals surface area contributed by atoms with Crippen molar-refractivity contribution in [3.8, 4) is 0 Å². The third kappa shape index (κ3) is 3.39. The van der Waals surface area contributed by atoms with Crippen LogP contribution in [0.1, 0.15) is 79.6 Å². The summed E-state index contributed by atoms with van der Waals surface area (Å²) < 4.78 is 12.4. The molecule has 2 aliphatic rings. The van der Waals surface area contributed by atoms with Gasteiger partial charge in [0.2, 0.25) is 0 Å². The molecule has 0 bridgehead atoms. The zero-order valence-electron chi connectivity index (χ0n) is 13.8. The minimum atomic E-state index is -0.253. The van der Waals surface area contributed by atoms with E-state index in [0.29, 0.717) is 0 Å². The van der Waals surface area contributed by atoms with Crippen molar-refractivity contribution in [3.63, 3.8) is 0 Å². The summed E-state index contributed by atoms with van der Waals surface area (Å²) in [6.45, 7) is 10.7. The van der Waals surface area contributed by atoms with E-state index < -0.39 is 0 Å². The predicted octanol–water partition coefficient (Wildman–Crippen LogP) is 4.83. The topological polar surface area (TPSA) is 18.5 Å². The molecule has 0 N–H and O–H groups in total. The average molecular weight is 276 g/mol. The van der Waals surface area contributed by atoms with Crippen LogP contribution in [0.2, 0.25) is 0 Å². The van der Waals surface area contributed by atoms with Gasteiger partial charge in [0.15, 0.2) is 0 Å². The van der Waals surface area contributed by atoms with Crippen molar-refractivity contribution in [1.82, 2.24) is 0 Å². The van der Waals surface area contributed by atoms with Crippen molar-refractivity contribution in [2.45, 2.75) is 90.8 Å². The maximum absolute atomic E-state index is 6.20. The fraction of sp³-hybridized carbons (Fsp3) is 0.824. The van der Waals surface area contributed by atoms with E-state index >= 15 is 0 Å². The fourth-order valence-electron chi connectivity index (χ4n) is 2.75. The Morgan fingerprint density at radius 2 is 1.65 bits per heavy atom. The lowest BCUT2D eigenvalue weighted by Gasteiger charge is -2.32. The zero-order valence-corrected chi connectivity index (χ0v) is 13.8. The first kappa shape index (κ1) is 15.9. The van der Waals surface area contributed by atoms with Crippen LogP contribution in [-0.4, -0.2) is 18.3 Å². The molecule has 2 nitrogen and oxygen atoms in total. The lowest BCUT2D eigenvalue weighted by molar-refractivity contribution is 0.00578. The molecule has 0 atom stereocenters. The highest BCUT2D eigenvalue weighted by Crippen LogP contribution is 2.39. The van der Waals surface area contributed by atoms with Crippen LogP contribution in [0.25, 0.3) is 0 Å². The van der Waals surface area contributed by atoms with Gasteiger partial charge in [-0.1, -0.05) is 13.3 Å². The first-order valence-electron chi connectivity index (χ1n) is 8.19. The molecule has 0 unspecified atom stereocenters. The molecule has 1 aliphatic heterocycles. The van der Waals surface area contributed by atoms with Gasteiger partial charge in [-0.05, 0) is 71.8 Å². The molecule has 0 radical (unpaired) electrons. The monoisotopic (exact) mass is 276 g/mol. The highest BCUT2D eigenvalue weighted by Gasteiger charge is 2.52. The predicted molar refractivity (Wildman–Crippen MR) is 84.6 cm³/mol. The second kappa shape index (κ2) is 6.09. The smallest absolute Gasteiger partial charge is 0.399 e. The Morgan fingerprint density at radius 1 is 1.10 bits per heavy atom. The van der Waals surface area contributed by atoms with Gasteiger partial charge in [-0.2, -0.15) is 0 Å². The summed E-state index contributed by atoms with van der Waals surface area (Å²) in [5, 5.41) is 0. The molecule has 0 amide bonds. The lowest BCUT2D eigenvalue weighted by atomic mass is 9.75. The van der Waals surface area contributed by atoms with Crippen LogP contribution in [0.3, 0.4) is 0 Å². The third-order valence-corrected chi connectivity index (χ3v) is 4.88. The average Bonchev–Trinajstić information content (AvgIpc) is 2.92. The number of rotatable bonds is 4. The minimum Gasteiger partial charge on any atom is -0.399 e. The Hall–Kier alpha value is -0.495. The van der Waals surface area contributed by atoms with Crippen LogP contribution in [0, 0.1) is 0 Å². The molecule has 1 saturated carbocycles. The Kier molecular flexibility index (Phi) is 4.84. The van der Waals surface area contributed by atoms with Gasteiger partial charge in [-0.15, -0.1) is 5.73 Å². The first-order valence-corrected chi connectivity index (χ1v) is 8.19. The van der Waals surface area contributed by atoms with Crippen molar-refractivity contribution in [2.75, 3.05) is 0 Å². The van der Waals surface area contributed by atoms with E-state index in [2.05, 4.69) is 40.3 Å². The second-order valence-corrected chi connectivity index (χ2v) is 7.15. The van der Waals surface area contributed by atoms with Crippen LogP contribution >= 0.6 is 0 Å². The Bertz CT molecular complexity index is 393. The molecule has 0 spiro atoms. The summed E-state index contributed by atoms with van der Waals surface area (Å²) in [6, 6.07) is 0. The van der Waals surface area contributed by atoms with Crippen molar-refractivity contribution in [1.29, 1.82) is 0 Å². The molecule has 1 heterocycles. The van der Waals surface area contributed by atoms with Gasteiger partial charge in [-0.25, -0.2) is 0 Å². The molecule has 1 aliphatic carbocycles. The molecular formula is C17H29BO2. The number of hydrogen-bond acceptors (Lipinski definition) is 2. The lowest BCUT2D eigenvalue weighted by Crippen LogP contribution is -2.41. The van der Waals surface area contributed by atoms with E-state index in [1.54, 1.807) is 0 Å². The molecule has 0 aromatic rings. The van der Waals surface area contributed by atoms with Gasteiger partial charge in [0.05, 0.1) is 11.2 Å². The fourth-order valence-corrected chi connectivity index (χ4v) is 2.75. The molecule has 2 fully saturated rings. The number of allylic oxidation sites excluding steroid dienone is 1. The Morgan fingerprint density at radius 3 is 2.15 bits per heavy atom. The number of unbranched alkanes of at least 4 members (excludes halogenated alkanes) is 1. The second-order valence-electron chi connectivity index (χ2n) is 7.15. The summed E-state index contributed by atoms with van der Waals surface area (Å²) in [7, 11) is -0.209. The standard InChI is InChI=1S/C17H29BO2/c1-6-7-12-15(13-14-10-8-9-11-14)18-19-16(2,3)17(4,5)20-18/h6-12H2,1-5H3. The summed E-state index contributed by atoms with van der Waals surface area (Å²) >= 11 is 0. The normalized spacial score (nSPS) is 24.1. The van der Waals surface area contributed by atoms with Crippen LogP contribution in [-0.2, 0) is 9.31 Å². The van der Waals surface area contributed by atoms with Gasteiger partial charge in [0.25, 0.3) is 0 Å². The van der Waals surface area contributed by atoms with Gasteiger partial charge >= 0.3 is 7.12 Å². The summed E-state index contributed by atoms with van der Waals surface area (Å²) in [6.07, 6.45) is 8.44. The van der Waals surface area contributed by atoms with E-state index in [9.17, 15) is 0 Å². The van der Waals surface area contributed by atoms with Gasteiger partial charge in [-0.3, -0.25) is 0 Å². The summed E-state index contributed by atoms with van der Waals surface area (Å²) in [4.78, 5) is 0. The highest BCUT2D eigenvalue weighted by molar-refractivity contribution is 6.54. The molecule has 112 valence electrons. The van der Waals surface area contributed by atoms with Crippen molar-refractivity contribution in [3.05, 3.63) is 16.8 Å². The maximum atomic E-state index is 6.20. The molecule has 0 aromatic carbocycles. The van der Waals surface area contributed by atoms with E-state index in [4.69, 9.17) is 9.31 Å². The minimum absolute atomic E-state index is 0.209. The summed E-state index contributed by atoms with van der Waals surface area (Å²) in [5.41, 5.74) is 5.83. The van der Waals surface area contributed by atoms with Crippen LogP contribution < -0.4 is 0 Å². The SMILES string of the molecule is CCCCC(=C=C1CCCC1)B1OC(C)(C)C(C)(C)O1. The number of hydrogen-bond donors (Lipinski definition) is 0. The third-order valence-electron chi connectivity index (χ3n) is 4.88. The largest absolute Gasteiger partial charge is 0.498 e. The molecular weight excluding hydrogens is 247 g/mol. The van der Waals surface area contributed by atoms with Gasteiger partial charge in [0, 0.05) is 5.47 Å². The molecule has 20 heavy (non-hydrogen) atoms. The van der Waals surface area contributed by atoms with Crippen LogP contribution in [0.15, 0.2) is 16.8 Å². The van der Waals surface area contributed by atoms with Gasteiger partial charge < -0.3 is 9.31 Å². The van der Waals surface area contributed by atoms with Crippen molar-refractivity contribution >= 4 is 7.12 Å². The van der Waals surface area contributed by atoms with E-state index in [-0.39, 0.29) is 18.3 Å². The van der Waals surface area contributed by atoms with Gasteiger partial charge in [0.1, 0.15) is 0 Å². The molecule has 1 saturated heterocycles. The van der Waals surface area contributed by atoms with E-state index in [1.165, 1.54) is 49.6 Å². The zero-order chi connectivity index (χ0) is 14.8. The Labute approximate surface area is 124 Å². The molecule has 0 aromatic heterocycles.